The van der Waals surface area contributed by atoms with Crippen molar-refractivity contribution in [2.24, 2.45) is 0 Å². The summed E-state index contributed by atoms with van der Waals surface area (Å²) in [6, 6.07) is 3.76. The Bertz CT molecular complexity index is 822. The van der Waals surface area contributed by atoms with Crippen LogP contribution in [0.4, 0.5) is 0 Å². The minimum atomic E-state index is -0.502. The maximum atomic E-state index is 11.7. The van der Waals surface area contributed by atoms with E-state index in [9.17, 15) is 10.0 Å². The summed E-state index contributed by atoms with van der Waals surface area (Å²) in [6.45, 7) is 0. The lowest BCUT2D eigenvalue weighted by molar-refractivity contribution is -0.608. The van der Waals surface area contributed by atoms with Gasteiger partial charge in [0.2, 0.25) is 12.4 Å². The molecule has 102 valence electrons. The van der Waals surface area contributed by atoms with Gasteiger partial charge >= 0.3 is 5.56 Å². The number of fused-ring (bicyclic) bond motifs is 1. The third kappa shape index (κ3) is 1.99. The van der Waals surface area contributed by atoms with Crippen LogP contribution in [0.1, 0.15) is 11.3 Å². The number of hydrogen-bond donors (Lipinski definition) is 1. The van der Waals surface area contributed by atoms with E-state index in [1.54, 1.807) is 6.20 Å². The monoisotopic (exact) mass is 272 g/mol. The molecule has 1 N–H and O–H groups in total. The predicted molar refractivity (Wildman–Crippen MR) is 71.1 cm³/mol. The molecule has 3 heterocycles. The Morgan fingerprint density at radius 2 is 2.35 bits per heavy atom. The Kier molecular flexibility index (Phi) is 2.86. The molecule has 0 aliphatic rings. The molecule has 0 aliphatic heterocycles. The second kappa shape index (κ2) is 4.69. The van der Waals surface area contributed by atoms with Crippen LogP contribution in [0.15, 0.2) is 41.7 Å². The normalized spacial score (nSPS) is 10.8. The first kappa shape index (κ1) is 12.2. The Morgan fingerprint density at radius 1 is 1.50 bits per heavy atom. The maximum Gasteiger partial charge on any atom is 0.348 e. The highest BCUT2D eigenvalue weighted by atomic mass is 16.7. The van der Waals surface area contributed by atoms with Gasteiger partial charge in [-0.2, -0.15) is 4.73 Å². The van der Waals surface area contributed by atoms with Crippen molar-refractivity contribution in [3.8, 4) is 0 Å². The molecule has 3 aromatic rings. The van der Waals surface area contributed by atoms with Gasteiger partial charge in [-0.15, -0.1) is 4.73 Å². The lowest BCUT2D eigenvalue weighted by Crippen LogP contribution is -2.39. The molecule has 0 fully saturated rings. The van der Waals surface area contributed by atoms with Crippen molar-refractivity contribution in [3.05, 3.63) is 63.7 Å². The molecule has 0 atom stereocenters. The van der Waals surface area contributed by atoms with E-state index in [0.717, 1.165) is 27.5 Å². The molecule has 0 aliphatic carbocycles. The van der Waals surface area contributed by atoms with Crippen LogP contribution in [0, 0.1) is 5.21 Å². The molecule has 7 nitrogen and oxygen atoms in total. The zero-order valence-electron chi connectivity index (χ0n) is 10.7. The van der Waals surface area contributed by atoms with Gasteiger partial charge in [0, 0.05) is 24.2 Å². The van der Waals surface area contributed by atoms with E-state index in [0.29, 0.717) is 16.8 Å². The van der Waals surface area contributed by atoms with Crippen molar-refractivity contribution in [1.82, 2.24) is 14.7 Å². The number of H-pyrrole nitrogens is 1. The summed E-state index contributed by atoms with van der Waals surface area (Å²) in [5, 5.41) is 12.3. The molecule has 7 heteroatoms. The van der Waals surface area contributed by atoms with E-state index in [4.69, 9.17) is 4.84 Å². The summed E-state index contributed by atoms with van der Waals surface area (Å²) < 4.78 is 1.59. The molecule has 20 heavy (non-hydrogen) atoms. The van der Waals surface area contributed by atoms with E-state index >= 15 is 0 Å². The fourth-order valence-electron chi connectivity index (χ4n) is 2.22. The summed E-state index contributed by atoms with van der Waals surface area (Å²) in [5.74, 6) is 0. The number of hydrogen-bond acceptors (Lipinski definition) is 4. The van der Waals surface area contributed by atoms with E-state index in [1.807, 2.05) is 18.3 Å². The molecule has 0 aromatic carbocycles. The number of nitrogens with one attached hydrogen (secondary N) is 1. The number of aromatic amines is 1. The van der Waals surface area contributed by atoms with Gasteiger partial charge in [-0.1, -0.05) is 0 Å². The van der Waals surface area contributed by atoms with E-state index in [1.165, 1.54) is 13.3 Å². The van der Waals surface area contributed by atoms with Gasteiger partial charge in [0.1, 0.15) is 18.5 Å². The van der Waals surface area contributed by atoms with Gasteiger partial charge in [-0.25, -0.2) is 4.98 Å². The standard InChI is InChI=1S/C13H12N4O3/c1-20-17-10(7-16(19)8-12(17)18)5-9-6-15-13-11(9)3-2-4-14-13/h2-4,6-8H,5H2,1H3,(H,14,15). The number of rotatable bonds is 3. The van der Waals surface area contributed by atoms with Gasteiger partial charge in [0.05, 0.1) is 0 Å². The van der Waals surface area contributed by atoms with Gasteiger partial charge in [-0.05, 0) is 17.7 Å². The van der Waals surface area contributed by atoms with Crippen LogP contribution in [0.5, 0.6) is 0 Å². The highest BCUT2D eigenvalue weighted by molar-refractivity contribution is 5.79. The van der Waals surface area contributed by atoms with E-state index in [2.05, 4.69) is 9.97 Å². The predicted octanol–water partition coefficient (Wildman–Crippen LogP) is 0.00720. The molecule has 0 radical (unpaired) electrons. The highest BCUT2D eigenvalue weighted by Crippen LogP contribution is 2.18. The van der Waals surface area contributed by atoms with Crippen molar-refractivity contribution < 1.29 is 9.57 Å². The Balaban J connectivity index is 2.09. The number of aromatic nitrogens is 4. The first-order valence-corrected chi connectivity index (χ1v) is 5.99. The summed E-state index contributed by atoms with van der Waals surface area (Å²) in [4.78, 5) is 23.9. The lowest BCUT2D eigenvalue weighted by Gasteiger charge is -2.09. The molecule has 0 amide bonds. The minimum absolute atomic E-state index is 0.387. The zero-order chi connectivity index (χ0) is 14.1. The van der Waals surface area contributed by atoms with Crippen LogP contribution in [0.2, 0.25) is 0 Å². The average Bonchev–Trinajstić information content (AvgIpc) is 2.82. The van der Waals surface area contributed by atoms with Crippen LogP contribution in [-0.4, -0.2) is 21.8 Å². The van der Waals surface area contributed by atoms with E-state index < -0.39 is 5.56 Å². The Hall–Kier alpha value is -2.83. The van der Waals surface area contributed by atoms with Gasteiger partial charge < -0.3 is 15.0 Å². The zero-order valence-corrected chi connectivity index (χ0v) is 10.7. The van der Waals surface area contributed by atoms with Crippen LogP contribution in [0.3, 0.4) is 0 Å². The van der Waals surface area contributed by atoms with Crippen molar-refractivity contribution in [2.45, 2.75) is 6.42 Å². The smallest absolute Gasteiger partial charge is 0.348 e. The topological polar surface area (TPSA) is 86.8 Å². The molecule has 0 bridgehead atoms. The van der Waals surface area contributed by atoms with Crippen LogP contribution in [0.25, 0.3) is 11.0 Å². The average molecular weight is 272 g/mol. The molecular formula is C13H12N4O3. The second-order valence-electron chi connectivity index (χ2n) is 4.31. The van der Waals surface area contributed by atoms with Crippen molar-refractivity contribution in [2.75, 3.05) is 7.11 Å². The number of pyridine rings is 1. The van der Waals surface area contributed by atoms with Crippen molar-refractivity contribution in [1.29, 1.82) is 0 Å². The highest BCUT2D eigenvalue weighted by Gasteiger charge is 2.13. The molecule has 0 saturated carbocycles. The number of nitrogens with zero attached hydrogens (tertiary/aromatic N) is 3. The summed E-state index contributed by atoms with van der Waals surface area (Å²) in [5.41, 5.74) is 1.67. The van der Waals surface area contributed by atoms with Crippen molar-refractivity contribution in [3.63, 3.8) is 0 Å². The Labute approximate surface area is 113 Å². The fourth-order valence-corrected chi connectivity index (χ4v) is 2.22. The fraction of sp³-hybridized carbons (Fsp3) is 0.154. The summed E-state index contributed by atoms with van der Waals surface area (Å²) in [7, 11) is 1.39. The van der Waals surface area contributed by atoms with Crippen LogP contribution < -0.4 is 15.1 Å². The first-order chi connectivity index (χ1) is 9.69. The van der Waals surface area contributed by atoms with Gasteiger partial charge in [0.15, 0.2) is 0 Å². The first-order valence-electron chi connectivity index (χ1n) is 5.99. The Morgan fingerprint density at radius 3 is 3.15 bits per heavy atom. The quantitative estimate of drug-likeness (QED) is 0.537. The lowest BCUT2D eigenvalue weighted by atomic mass is 10.1. The second-order valence-corrected chi connectivity index (χ2v) is 4.31. The molecular weight excluding hydrogens is 260 g/mol. The molecule has 0 spiro atoms. The molecule has 0 saturated heterocycles. The van der Waals surface area contributed by atoms with Crippen LogP contribution in [-0.2, 0) is 6.42 Å². The largest absolute Gasteiger partial charge is 0.619 e. The van der Waals surface area contributed by atoms with Crippen LogP contribution >= 0.6 is 0 Å². The summed E-state index contributed by atoms with van der Waals surface area (Å²) >= 11 is 0. The molecule has 0 unspecified atom stereocenters. The molecule has 3 rings (SSSR count). The van der Waals surface area contributed by atoms with Gasteiger partial charge in [-0.3, -0.25) is 4.79 Å². The van der Waals surface area contributed by atoms with Gasteiger partial charge in [0.25, 0.3) is 0 Å². The minimum Gasteiger partial charge on any atom is -0.619 e. The van der Waals surface area contributed by atoms with E-state index in [-0.39, 0.29) is 0 Å². The van der Waals surface area contributed by atoms with Crippen molar-refractivity contribution >= 4 is 11.0 Å². The third-order valence-corrected chi connectivity index (χ3v) is 3.07. The maximum absolute atomic E-state index is 11.7. The molecule has 3 aromatic heterocycles. The summed E-state index contributed by atoms with van der Waals surface area (Å²) in [6.07, 6.45) is 6.13. The SMILES string of the molecule is COn1c(Cc2c[nH]c3ncccc23)c[n+]([O-])cc1=O. The third-order valence-electron chi connectivity index (χ3n) is 3.07.